The summed E-state index contributed by atoms with van der Waals surface area (Å²) < 4.78 is 1.92. The molecule has 1 N–H and O–H groups in total. The zero-order chi connectivity index (χ0) is 22.0. The first kappa shape index (κ1) is 22.2. The second-order valence-electron chi connectivity index (χ2n) is 7.61. The standard InChI is InChI=1S/C23H23Cl3N4O/c1-15-21(23(31)27-10-13-29-11-2-3-12-29)28-22(19-9-6-17(25)14-20(19)26)30(15)18-7-4-16(24)5-8-18/h4-9,14H,2-3,10-13H2,1H3,(H,27,31). The van der Waals surface area contributed by atoms with Crippen molar-refractivity contribution in [2.75, 3.05) is 26.2 Å². The fourth-order valence-corrected chi connectivity index (χ4v) is 4.51. The van der Waals surface area contributed by atoms with E-state index in [1.807, 2.05) is 29.7 Å². The fourth-order valence-electron chi connectivity index (χ4n) is 3.89. The Bertz CT molecular complexity index is 1090. The van der Waals surface area contributed by atoms with E-state index in [1.165, 1.54) is 12.8 Å². The number of hydrogen-bond donors (Lipinski definition) is 1. The topological polar surface area (TPSA) is 50.2 Å². The zero-order valence-corrected chi connectivity index (χ0v) is 19.4. The van der Waals surface area contributed by atoms with Crippen LogP contribution in [0, 0.1) is 6.92 Å². The number of nitrogens with one attached hydrogen (secondary N) is 1. The van der Waals surface area contributed by atoms with Crippen molar-refractivity contribution in [3.8, 4) is 17.1 Å². The second-order valence-corrected chi connectivity index (χ2v) is 8.89. The van der Waals surface area contributed by atoms with E-state index in [9.17, 15) is 4.79 Å². The highest BCUT2D eigenvalue weighted by atomic mass is 35.5. The molecule has 0 radical (unpaired) electrons. The number of amides is 1. The minimum absolute atomic E-state index is 0.198. The third kappa shape index (κ3) is 4.90. The molecule has 0 bridgehead atoms. The van der Waals surface area contributed by atoms with Crippen LogP contribution < -0.4 is 5.32 Å². The van der Waals surface area contributed by atoms with E-state index in [0.717, 1.165) is 31.0 Å². The lowest BCUT2D eigenvalue weighted by atomic mass is 10.2. The van der Waals surface area contributed by atoms with Gasteiger partial charge in [0.1, 0.15) is 11.5 Å². The Labute approximate surface area is 196 Å². The van der Waals surface area contributed by atoms with Crippen LogP contribution in [0.1, 0.15) is 29.0 Å². The largest absolute Gasteiger partial charge is 0.349 e. The Morgan fingerprint density at radius 3 is 2.39 bits per heavy atom. The molecule has 0 spiro atoms. The van der Waals surface area contributed by atoms with E-state index in [2.05, 4.69) is 10.2 Å². The van der Waals surface area contributed by atoms with Crippen LogP contribution in [0.5, 0.6) is 0 Å². The molecule has 5 nitrogen and oxygen atoms in total. The minimum Gasteiger partial charge on any atom is -0.349 e. The van der Waals surface area contributed by atoms with Gasteiger partial charge in [-0.05, 0) is 75.3 Å². The molecule has 3 aromatic rings. The zero-order valence-electron chi connectivity index (χ0n) is 17.2. The van der Waals surface area contributed by atoms with E-state index < -0.39 is 0 Å². The van der Waals surface area contributed by atoms with Gasteiger partial charge < -0.3 is 10.2 Å². The third-order valence-electron chi connectivity index (χ3n) is 5.49. The number of halogens is 3. The van der Waals surface area contributed by atoms with Gasteiger partial charge in [0.2, 0.25) is 0 Å². The molecule has 0 saturated carbocycles. The van der Waals surface area contributed by atoms with Crippen LogP contribution >= 0.6 is 34.8 Å². The number of aromatic nitrogens is 2. The van der Waals surface area contributed by atoms with Crippen LogP contribution in [0.2, 0.25) is 15.1 Å². The third-order valence-corrected chi connectivity index (χ3v) is 6.29. The van der Waals surface area contributed by atoms with Gasteiger partial charge in [-0.15, -0.1) is 0 Å². The first-order chi connectivity index (χ1) is 14.9. The quantitative estimate of drug-likeness (QED) is 0.500. The predicted molar refractivity (Wildman–Crippen MR) is 127 cm³/mol. The SMILES string of the molecule is Cc1c(C(=O)NCCN2CCCC2)nc(-c2ccc(Cl)cc2Cl)n1-c1ccc(Cl)cc1. The van der Waals surface area contributed by atoms with E-state index in [4.69, 9.17) is 39.8 Å². The maximum Gasteiger partial charge on any atom is 0.271 e. The average molecular weight is 478 g/mol. The van der Waals surface area contributed by atoms with Crippen LogP contribution in [0.4, 0.5) is 0 Å². The van der Waals surface area contributed by atoms with Gasteiger partial charge >= 0.3 is 0 Å². The summed E-state index contributed by atoms with van der Waals surface area (Å²) in [6.45, 7) is 5.50. The van der Waals surface area contributed by atoms with Gasteiger partial charge in [-0.2, -0.15) is 0 Å². The molecule has 0 atom stereocenters. The Hall–Kier alpha value is -2.05. The molecule has 1 saturated heterocycles. The Morgan fingerprint density at radius 2 is 1.71 bits per heavy atom. The smallest absolute Gasteiger partial charge is 0.271 e. The highest BCUT2D eigenvalue weighted by Crippen LogP contribution is 2.33. The van der Waals surface area contributed by atoms with Gasteiger partial charge in [0.15, 0.2) is 0 Å². The Balaban J connectivity index is 1.69. The van der Waals surface area contributed by atoms with Gasteiger partial charge in [-0.25, -0.2) is 4.98 Å². The fraction of sp³-hybridized carbons (Fsp3) is 0.304. The normalized spacial score (nSPS) is 14.2. The summed E-state index contributed by atoms with van der Waals surface area (Å²) >= 11 is 18.6. The molecule has 8 heteroatoms. The lowest BCUT2D eigenvalue weighted by Gasteiger charge is -2.14. The van der Waals surface area contributed by atoms with E-state index >= 15 is 0 Å². The minimum atomic E-state index is -0.198. The summed E-state index contributed by atoms with van der Waals surface area (Å²) in [4.78, 5) is 20.0. The Morgan fingerprint density at radius 1 is 1.03 bits per heavy atom. The lowest BCUT2D eigenvalue weighted by molar-refractivity contribution is 0.0944. The van der Waals surface area contributed by atoms with Gasteiger partial charge in [0.05, 0.1) is 10.7 Å². The van der Waals surface area contributed by atoms with Crippen molar-refractivity contribution in [2.24, 2.45) is 0 Å². The second kappa shape index (κ2) is 9.61. The molecule has 1 aliphatic rings. The molecule has 1 aliphatic heterocycles. The van der Waals surface area contributed by atoms with Gasteiger partial charge in [0, 0.05) is 34.4 Å². The number of carbonyl (C=O) groups excluding carboxylic acids is 1. The lowest BCUT2D eigenvalue weighted by Crippen LogP contribution is -2.33. The molecule has 2 aromatic carbocycles. The van der Waals surface area contributed by atoms with Crippen LogP contribution in [-0.4, -0.2) is 46.5 Å². The van der Waals surface area contributed by atoms with E-state index in [-0.39, 0.29) is 5.91 Å². The van der Waals surface area contributed by atoms with Crippen molar-refractivity contribution >= 4 is 40.7 Å². The van der Waals surface area contributed by atoms with Crippen LogP contribution in [0.15, 0.2) is 42.5 Å². The molecule has 2 heterocycles. The van der Waals surface area contributed by atoms with Crippen molar-refractivity contribution < 1.29 is 4.79 Å². The number of nitrogens with zero attached hydrogens (tertiary/aromatic N) is 3. The number of imidazole rings is 1. The number of carbonyl (C=O) groups is 1. The number of benzene rings is 2. The highest BCUT2D eigenvalue weighted by Gasteiger charge is 2.23. The summed E-state index contributed by atoms with van der Waals surface area (Å²) in [5.74, 6) is 0.377. The monoisotopic (exact) mass is 476 g/mol. The van der Waals surface area contributed by atoms with Crippen LogP contribution in [-0.2, 0) is 0 Å². The van der Waals surface area contributed by atoms with Gasteiger partial charge in [0.25, 0.3) is 5.91 Å². The molecule has 1 aromatic heterocycles. The van der Waals surface area contributed by atoms with Crippen molar-refractivity contribution in [3.63, 3.8) is 0 Å². The molecule has 4 rings (SSSR count). The molecule has 0 aliphatic carbocycles. The molecular formula is C23H23Cl3N4O. The van der Waals surface area contributed by atoms with Crippen molar-refractivity contribution in [1.29, 1.82) is 0 Å². The first-order valence-electron chi connectivity index (χ1n) is 10.3. The molecular weight excluding hydrogens is 455 g/mol. The predicted octanol–water partition coefficient (Wildman–Crippen LogP) is 5.63. The number of rotatable bonds is 6. The molecule has 162 valence electrons. The Kier molecular flexibility index (Phi) is 6.87. The molecule has 0 unspecified atom stereocenters. The van der Waals surface area contributed by atoms with Crippen molar-refractivity contribution in [2.45, 2.75) is 19.8 Å². The summed E-state index contributed by atoms with van der Waals surface area (Å²) in [6, 6.07) is 12.6. The summed E-state index contributed by atoms with van der Waals surface area (Å²) in [6.07, 6.45) is 2.45. The van der Waals surface area contributed by atoms with E-state index in [0.29, 0.717) is 38.7 Å². The van der Waals surface area contributed by atoms with Crippen molar-refractivity contribution in [3.05, 3.63) is 68.9 Å². The summed E-state index contributed by atoms with van der Waals surface area (Å²) in [5.41, 5.74) is 2.63. The van der Waals surface area contributed by atoms with Crippen LogP contribution in [0.3, 0.4) is 0 Å². The van der Waals surface area contributed by atoms with Crippen molar-refractivity contribution in [1.82, 2.24) is 19.8 Å². The molecule has 1 amide bonds. The van der Waals surface area contributed by atoms with E-state index in [1.54, 1.807) is 24.3 Å². The maximum absolute atomic E-state index is 13.0. The first-order valence-corrected chi connectivity index (χ1v) is 11.4. The molecule has 31 heavy (non-hydrogen) atoms. The van der Waals surface area contributed by atoms with Gasteiger partial charge in [-0.1, -0.05) is 34.8 Å². The van der Waals surface area contributed by atoms with Gasteiger partial charge in [-0.3, -0.25) is 9.36 Å². The average Bonchev–Trinajstić information content (AvgIpc) is 3.37. The molecule has 1 fully saturated rings. The van der Waals surface area contributed by atoms with Crippen LogP contribution in [0.25, 0.3) is 17.1 Å². The summed E-state index contributed by atoms with van der Waals surface area (Å²) in [5, 5.41) is 4.65. The number of hydrogen-bond acceptors (Lipinski definition) is 3. The maximum atomic E-state index is 13.0. The summed E-state index contributed by atoms with van der Waals surface area (Å²) in [7, 11) is 0. The highest BCUT2D eigenvalue weighted by molar-refractivity contribution is 6.36. The number of likely N-dealkylation sites (tertiary alicyclic amines) is 1.